The van der Waals surface area contributed by atoms with Gasteiger partial charge in [-0.25, -0.2) is 0 Å². The summed E-state index contributed by atoms with van der Waals surface area (Å²) >= 11 is 1.66. The lowest BCUT2D eigenvalue weighted by molar-refractivity contribution is -0.120. The number of carbonyl (C=O) groups excluding carboxylic acids is 1. The van der Waals surface area contributed by atoms with Crippen molar-refractivity contribution in [2.45, 2.75) is 32.1 Å². The molecule has 2 bridgehead atoms. The zero-order chi connectivity index (χ0) is 11.0. The first-order valence-electron chi connectivity index (χ1n) is 6.28. The summed E-state index contributed by atoms with van der Waals surface area (Å²) in [6.45, 7) is 0.856. The second-order valence-electron chi connectivity index (χ2n) is 5.22. The van der Waals surface area contributed by atoms with Gasteiger partial charge >= 0.3 is 0 Å². The maximum atomic E-state index is 11.8. The molecule has 3 aliphatic rings. The van der Waals surface area contributed by atoms with Crippen molar-refractivity contribution < 1.29 is 4.79 Å². The van der Waals surface area contributed by atoms with Gasteiger partial charge in [0.1, 0.15) is 0 Å². The fraction of sp³-hybridized carbons (Fsp3) is 0.833. The Morgan fingerprint density at radius 1 is 1.44 bits per heavy atom. The van der Waals surface area contributed by atoms with Crippen LogP contribution in [0, 0.1) is 17.8 Å². The van der Waals surface area contributed by atoms with Gasteiger partial charge in [-0.15, -0.1) is 0 Å². The monoisotopic (exact) mass is 238 g/mol. The molecule has 16 heavy (non-hydrogen) atoms. The van der Waals surface area contributed by atoms with Crippen LogP contribution < -0.4 is 5.32 Å². The summed E-state index contributed by atoms with van der Waals surface area (Å²) < 4.78 is 0. The van der Waals surface area contributed by atoms with E-state index in [9.17, 15) is 4.79 Å². The molecule has 3 atom stereocenters. The van der Waals surface area contributed by atoms with Crippen molar-refractivity contribution in [2.24, 2.45) is 22.7 Å². The summed E-state index contributed by atoms with van der Waals surface area (Å²) in [6, 6.07) is 0. The minimum absolute atomic E-state index is 0.186. The van der Waals surface area contributed by atoms with E-state index in [1.165, 1.54) is 25.7 Å². The standard InChI is InChI=1S/C12H18N2OS/c15-11(14-12-13-3-4-16-12)7-10-6-8-1-2-9(10)5-8/h8-10H,1-7H2,(H,13,14,15)/t8-,9-,10+/m0/s1. The third-order valence-electron chi connectivity index (χ3n) is 4.16. The normalized spacial score (nSPS) is 36.5. The number of aliphatic imine (C=N–C) groups is 1. The van der Waals surface area contributed by atoms with Crippen molar-refractivity contribution in [1.82, 2.24) is 5.32 Å². The molecule has 1 amide bonds. The average molecular weight is 238 g/mol. The number of fused-ring (bicyclic) bond motifs is 2. The van der Waals surface area contributed by atoms with E-state index >= 15 is 0 Å². The lowest BCUT2D eigenvalue weighted by Gasteiger charge is -2.20. The van der Waals surface area contributed by atoms with Crippen LogP contribution >= 0.6 is 11.8 Å². The first-order valence-corrected chi connectivity index (χ1v) is 7.27. The predicted molar refractivity (Wildman–Crippen MR) is 66.5 cm³/mol. The molecule has 3 nitrogen and oxygen atoms in total. The van der Waals surface area contributed by atoms with Crippen LogP contribution in [0.5, 0.6) is 0 Å². The molecule has 0 spiro atoms. The molecule has 1 N–H and O–H groups in total. The molecule has 1 heterocycles. The van der Waals surface area contributed by atoms with Gasteiger partial charge < -0.3 is 5.32 Å². The van der Waals surface area contributed by atoms with E-state index in [2.05, 4.69) is 10.3 Å². The Kier molecular flexibility index (Phi) is 2.92. The first-order chi connectivity index (χ1) is 7.81. The number of amides is 1. The number of rotatable bonds is 2. The lowest BCUT2D eigenvalue weighted by Crippen LogP contribution is -2.30. The summed E-state index contributed by atoms with van der Waals surface area (Å²) in [5.41, 5.74) is 0. The van der Waals surface area contributed by atoms with Crippen molar-refractivity contribution in [3.05, 3.63) is 0 Å². The Bertz CT molecular complexity index is 329. The first kappa shape index (κ1) is 10.6. The van der Waals surface area contributed by atoms with Gasteiger partial charge in [-0.3, -0.25) is 9.79 Å². The van der Waals surface area contributed by atoms with Crippen molar-refractivity contribution in [2.75, 3.05) is 12.3 Å². The van der Waals surface area contributed by atoms with Crippen LogP contribution in [-0.2, 0) is 4.79 Å². The van der Waals surface area contributed by atoms with Gasteiger partial charge in [0.15, 0.2) is 5.17 Å². The number of nitrogens with zero attached hydrogens (tertiary/aromatic N) is 1. The highest BCUT2D eigenvalue weighted by Gasteiger charge is 2.40. The van der Waals surface area contributed by atoms with E-state index in [1.807, 2.05) is 0 Å². The Morgan fingerprint density at radius 2 is 2.38 bits per heavy atom. The van der Waals surface area contributed by atoms with Crippen LogP contribution in [-0.4, -0.2) is 23.4 Å². The summed E-state index contributed by atoms with van der Waals surface area (Å²) in [5, 5.41) is 3.78. The van der Waals surface area contributed by atoms with Crippen LogP contribution in [0.3, 0.4) is 0 Å². The van der Waals surface area contributed by atoms with Crippen molar-refractivity contribution in [3.63, 3.8) is 0 Å². The summed E-state index contributed by atoms with van der Waals surface area (Å²) in [4.78, 5) is 16.1. The molecule has 2 fully saturated rings. The van der Waals surface area contributed by atoms with E-state index in [-0.39, 0.29) is 5.91 Å². The van der Waals surface area contributed by atoms with Crippen LogP contribution in [0.2, 0.25) is 0 Å². The van der Waals surface area contributed by atoms with E-state index in [0.29, 0.717) is 5.92 Å². The van der Waals surface area contributed by atoms with Gasteiger partial charge in [-0.2, -0.15) is 0 Å². The minimum atomic E-state index is 0.186. The zero-order valence-corrected chi connectivity index (χ0v) is 10.3. The molecule has 0 saturated heterocycles. The minimum Gasteiger partial charge on any atom is -0.305 e. The Morgan fingerprint density at radius 3 is 3.00 bits per heavy atom. The summed E-state index contributed by atoms with van der Waals surface area (Å²) in [5.74, 6) is 3.63. The molecule has 4 heteroatoms. The number of amidine groups is 1. The zero-order valence-electron chi connectivity index (χ0n) is 9.45. The fourth-order valence-electron chi connectivity index (χ4n) is 3.45. The predicted octanol–water partition coefficient (Wildman–Crippen LogP) is 2.03. The van der Waals surface area contributed by atoms with E-state index in [0.717, 1.165) is 35.7 Å². The quantitative estimate of drug-likeness (QED) is 0.800. The number of carbonyl (C=O) groups is 1. The average Bonchev–Trinajstić information content (AvgIpc) is 2.92. The van der Waals surface area contributed by atoms with Gasteiger partial charge in [0.2, 0.25) is 5.91 Å². The van der Waals surface area contributed by atoms with Crippen molar-refractivity contribution >= 4 is 22.8 Å². The Balaban J connectivity index is 1.49. The van der Waals surface area contributed by atoms with Gasteiger partial charge in [0.05, 0.1) is 6.54 Å². The molecule has 0 radical (unpaired) electrons. The van der Waals surface area contributed by atoms with Crippen molar-refractivity contribution in [1.29, 1.82) is 0 Å². The second-order valence-corrected chi connectivity index (χ2v) is 6.31. The molecule has 88 valence electrons. The molecular weight excluding hydrogens is 220 g/mol. The van der Waals surface area contributed by atoms with Crippen LogP contribution in [0.1, 0.15) is 32.1 Å². The fourth-order valence-corrected chi connectivity index (χ4v) is 4.19. The van der Waals surface area contributed by atoms with E-state index in [1.54, 1.807) is 11.8 Å². The number of thioether (sulfide) groups is 1. The van der Waals surface area contributed by atoms with Crippen LogP contribution in [0.15, 0.2) is 4.99 Å². The SMILES string of the molecule is O=C(C[C@H]1C[C@H]2CC[C@H]1C2)NC1=NCCS1. The Hall–Kier alpha value is -0.510. The molecule has 3 rings (SSSR count). The highest BCUT2D eigenvalue weighted by molar-refractivity contribution is 8.14. The van der Waals surface area contributed by atoms with Crippen LogP contribution in [0.4, 0.5) is 0 Å². The highest BCUT2D eigenvalue weighted by Crippen LogP contribution is 2.49. The molecule has 2 saturated carbocycles. The molecule has 2 aliphatic carbocycles. The smallest absolute Gasteiger partial charge is 0.226 e. The van der Waals surface area contributed by atoms with Crippen LogP contribution in [0.25, 0.3) is 0 Å². The van der Waals surface area contributed by atoms with E-state index in [4.69, 9.17) is 0 Å². The third kappa shape index (κ3) is 2.12. The number of hydrogen-bond acceptors (Lipinski definition) is 3. The summed E-state index contributed by atoms with van der Waals surface area (Å²) in [7, 11) is 0. The molecule has 0 aromatic rings. The molecule has 1 aliphatic heterocycles. The number of hydrogen-bond donors (Lipinski definition) is 1. The maximum Gasteiger partial charge on any atom is 0.226 e. The van der Waals surface area contributed by atoms with Crippen molar-refractivity contribution in [3.8, 4) is 0 Å². The van der Waals surface area contributed by atoms with Gasteiger partial charge in [-0.1, -0.05) is 18.2 Å². The van der Waals surface area contributed by atoms with Gasteiger partial charge in [-0.05, 0) is 37.0 Å². The topological polar surface area (TPSA) is 41.5 Å². The molecule has 0 unspecified atom stereocenters. The third-order valence-corrected chi connectivity index (χ3v) is 5.06. The Labute approximate surface area is 100 Å². The van der Waals surface area contributed by atoms with Gasteiger partial charge in [0, 0.05) is 12.2 Å². The molecule has 0 aromatic heterocycles. The second kappa shape index (κ2) is 4.40. The largest absolute Gasteiger partial charge is 0.305 e. The molecule has 0 aromatic carbocycles. The maximum absolute atomic E-state index is 11.8. The van der Waals surface area contributed by atoms with E-state index < -0.39 is 0 Å². The van der Waals surface area contributed by atoms with Gasteiger partial charge in [0.25, 0.3) is 0 Å². The number of nitrogens with one attached hydrogen (secondary N) is 1. The lowest BCUT2D eigenvalue weighted by atomic mass is 9.86. The summed E-state index contributed by atoms with van der Waals surface area (Å²) in [6.07, 6.45) is 6.16. The highest BCUT2D eigenvalue weighted by atomic mass is 32.2. The molecular formula is C12H18N2OS.